The average molecular weight is 297 g/mol. The summed E-state index contributed by atoms with van der Waals surface area (Å²) < 4.78 is 5.89. The first-order chi connectivity index (χ1) is 9.94. The monoisotopic (exact) mass is 297 g/mol. The molecule has 2 rings (SSSR count). The van der Waals surface area contributed by atoms with E-state index < -0.39 is 11.5 Å². The molecule has 21 heavy (non-hydrogen) atoms. The number of aliphatic carboxylic acids is 1. The number of carboxylic acids is 1. The number of carboxylic acid groups (broad SMARTS) is 1. The van der Waals surface area contributed by atoms with Gasteiger partial charge in [0.15, 0.2) is 0 Å². The van der Waals surface area contributed by atoms with E-state index in [4.69, 9.17) is 4.74 Å². The third-order valence-electron chi connectivity index (χ3n) is 4.91. The predicted octanol–water partition coefficient (Wildman–Crippen LogP) is 3.20. The van der Waals surface area contributed by atoms with Crippen molar-refractivity contribution in [3.63, 3.8) is 0 Å². The predicted molar refractivity (Wildman–Crippen MR) is 83.4 cm³/mol. The smallest absolute Gasteiger partial charge is 0.324 e. The van der Waals surface area contributed by atoms with Crippen LogP contribution >= 0.6 is 0 Å². The van der Waals surface area contributed by atoms with Crippen molar-refractivity contribution in [2.24, 2.45) is 11.8 Å². The number of hydrogen-bond donors (Lipinski definition) is 2. The summed E-state index contributed by atoms with van der Waals surface area (Å²) in [5, 5.41) is 13.2. The number of ether oxygens (including phenoxy) is 1. The molecule has 3 unspecified atom stereocenters. The highest BCUT2D eigenvalue weighted by Gasteiger charge is 2.51. The second kappa shape index (κ2) is 7.10. The Kier molecular flexibility index (Phi) is 5.67. The Morgan fingerprint density at radius 1 is 1.33 bits per heavy atom. The average Bonchev–Trinajstić information content (AvgIpc) is 3.09. The number of hydrogen-bond acceptors (Lipinski definition) is 3. The van der Waals surface area contributed by atoms with Gasteiger partial charge in [0.2, 0.25) is 0 Å². The van der Waals surface area contributed by atoms with Gasteiger partial charge in [-0.05, 0) is 57.3 Å². The molecule has 2 aliphatic rings. The standard InChI is InChI=1S/C17H31NO3/c1-12(2)11-13(3)21-10-8-14-5-4-9-17(14,16(19)20)18-15-6-7-15/h12-15,18H,4-11H2,1-3H3,(H,19,20). The Labute approximate surface area is 128 Å². The second-order valence-corrected chi connectivity index (χ2v) is 7.38. The quantitative estimate of drug-likeness (QED) is 0.686. The molecular weight excluding hydrogens is 266 g/mol. The Morgan fingerprint density at radius 3 is 2.62 bits per heavy atom. The molecule has 3 atom stereocenters. The fraction of sp³-hybridized carbons (Fsp3) is 0.941. The maximum absolute atomic E-state index is 11.8. The molecule has 0 aromatic heterocycles. The minimum Gasteiger partial charge on any atom is -0.480 e. The van der Waals surface area contributed by atoms with Crippen molar-refractivity contribution in [1.29, 1.82) is 0 Å². The van der Waals surface area contributed by atoms with Crippen molar-refractivity contribution >= 4 is 5.97 Å². The number of rotatable bonds is 9. The lowest BCUT2D eigenvalue weighted by Crippen LogP contribution is -2.55. The van der Waals surface area contributed by atoms with Crippen molar-refractivity contribution in [2.45, 2.75) is 83.4 Å². The van der Waals surface area contributed by atoms with Gasteiger partial charge >= 0.3 is 5.97 Å². The number of nitrogens with one attached hydrogen (secondary N) is 1. The molecule has 0 saturated heterocycles. The Bertz CT molecular complexity index is 354. The van der Waals surface area contributed by atoms with E-state index in [0.717, 1.165) is 44.9 Å². The van der Waals surface area contributed by atoms with Crippen LogP contribution in [0.3, 0.4) is 0 Å². The molecule has 2 saturated carbocycles. The van der Waals surface area contributed by atoms with Gasteiger partial charge in [-0.2, -0.15) is 0 Å². The maximum Gasteiger partial charge on any atom is 0.324 e. The summed E-state index contributed by atoms with van der Waals surface area (Å²) >= 11 is 0. The van der Waals surface area contributed by atoms with Crippen molar-refractivity contribution in [3.05, 3.63) is 0 Å². The van der Waals surface area contributed by atoms with E-state index in [0.29, 0.717) is 18.6 Å². The summed E-state index contributed by atoms with van der Waals surface area (Å²) in [5.41, 5.74) is -0.689. The minimum absolute atomic E-state index is 0.210. The summed E-state index contributed by atoms with van der Waals surface area (Å²) in [6, 6.07) is 0.433. The molecule has 0 spiro atoms. The summed E-state index contributed by atoms with van der Waals surface area (Å²) in [4.78, 5) is 11.8. The molecule has 0 aromatic rings. The van der Waals surface area contributed by atoms with Crippen LogP contribution in [0.25, 0.3) is 0 Å². The Balaban J connectivity index is 1.84. The van der Waals surface area contributed by atoms with Crippen LogP contribution in [-0.4, -0.2) is 35.4 Å². The van der Waals surface area contributed by atoms with Crippen LogP contribution in [-0.2, 0) is 9.53 Å². The molecule has 0 radical (unpaired) electrons. The largest absolute Gasteiger partial charge is 0.480 e. The lowest BCUT2D eigenvalue weighted by atomic mass is 9.84. The van der Waals surface area contributed by atoms with Gasteiger partial charge in [-0.25, -0.2) is 0 Å². The molecule has 0 aromatic carbocycles. The normalized spacial score (nSPS) is 30.8. The highest BCUT2D eigenvalue weighted by atomic mass is 16.5. The van der Waals surface area contributed by atoms with Crippen LogP contribution in [0.5, 0.6) is 0 Å². The second-order valence-electron chi connectivity index (χ2n) is 7.38. The first-order valence-corrected chi connectivity index (χ1v) is 8.56. The van der Waals surface area contributed by atoms with Gasteiger partial charge in [0.05, 0.1) is 6.10 Å². The molecule has 0 bridgehead atoms. The van der Waals surface area contributed by atoms with Gasteiger partial charge in [0.25, 0.3) is 0 Å². The highest BCUT2D eigenvalue weighted by Crippen LogP contribution is 2.40. The molecule has 0 heterocycles. The van der Waals surface area contributed by atoms with Crippen LogP contribution in [0.4, 0.5) is 0 Å². The first kappa shape index (κ1) is 16.8. The van der Waals surface area contributed by atoms with Gasteiger partial charge in [0, 0.05) is 12.6 Å². The molecule has 2 N–H and O–H groups in total. The van der Waals surface area contributed by atoms with E-state index >= 15 is 0 Å². The van der Waals surface area contributed by atoms with Crippen molar-refractivity contribution in [2.75, 3.05) is 6.61 Å². The third-order valence-corrected chi connectivity index (χ3v) is 4.91. The van der Waals surface area contributed by atoms with Crippen LogP contribution < -0.4 is 5.32 Å². The Morgan fingerprint density at radius 2 is 2.05 bits per heavy atom. The molecule has 122 valence electrons. The zero-order chi connectivity index (χ0) is 15.5. The van der Waals surface area contributed by atoms with Crippen LogP contribution in [0.15, 0.2) is 0 Å². The molecule has 2 aliphatic carbocycles. The summed E-state index contributed by atoms with van der Waals surface area (Å²) in [6.07, 6.45) is 7.23. The first-order valence-electron chi connectivity index (χ1n) is 8.56. The summed E-state index contributed by atoms with van der Waals surface area (Å²) in [6.45, 7) is 7.19. The summed E-state index contributed by atoms with van der Waals surface area (Å²) in [5.74, 6) is 0.190. The van der Waals surface area contributed by atoms with Crippen molar-refractivity contribution < 1.29 is 14.6 Å². The number of carbonyl (C=O) groups is 1. The van der Waals surface area contributed by atoms with Gasteiger partial charge < -0.3 is 9.84 Å². The van der Waals surface area contributed by atoms with Gasteiger partial charge in [-0.1, -0.05) is 20.3 Å². The zero-order valence-corrected chi connectivity index (χ0v) is 13.7. The van der Waals surface area contributed by atoms with E-state index in [9.17, 15) is 9.90 Å². The van der Waals surface area contributed by atoms with Crippen LogP contribution in [0.2, 0.25) is 0 Å². The van der Waals surface area contributed by atoms with Gasteiger partial charge in [-0.3, -0.25) is 10.1 Å². The minimum atomic E-state index is -0.689. The lowest BCUT2D eigenvalue weighted by molar-refractivity contribution is -0.147. The van der Waals surface area contributed by atoms with E-state index in [1.807, 2.05) is 0 Å². The van der Waals surface area contributed by atoms with Crippen molar-refractivity contribution in [3.8, 4) is 0 Å². The lowest BCUT2D eigenvalue weighted by Gasteiger charge is -2.33. The van der Waals surface area contributed by atoms with Crippen molar-refractivity contribution in [1.82, 2.24) is 5.32 Å². The highest BCUT2D eigenvalue weighted by molar-refractivity contribution is 5.80. The molecule has 0 amide bonds. The molecule has 4 nitrogen and oxygen atoms in total. The third kappa shape index (κ3) is 4.43. The van der Waals surface area contributed by atoms with E-state index in [1.54, 1.807) is 0 Å². The zero-order valence-electron chi connectivity index (χ0n) is 13.7. The molecular formula is C17H31NO3. The van der Waals surface area contributed by atoms with Gasteiger partial charge in [0.1, 0.15) is 5.54 Å². The topological polar surface area (TPSA) is 58.6 Å². The molecule has 2 fully saturated rings. The van der Waals surface area contributed by atoms with E-state index in [2.05, 4.69) is 26.1 Å². The molecule has 4 heteroatoms. The fourth-order valence-corrected chi connectivity index (χ4v) is 3.74. The molecule has 0 aliphatic heterocycles. The summed E-state index contributed by atoms with van der Waals surface area (Å²) in [7, 11) is 0. The maximum atomic E-state index is 11.8. The van der Waals surface area contributed by atoms with Gasteiger partial charge in [-0.15, -0.1) is 0 Å². The van der Waals surface area contributed by atoms with E-state index in [1.165, 1.54) is 0 Å². The Hall–Kier alpha value is -0.610. The van der Waals surface area contributed by atoms with E-state index in [-0.39, 0.29) is 12.0 Å². The SMILES string of the molecule is CC(C)CC(C)OCCC1CCCC1(NC1CC1)C(=O)O. The van der Waals surface area contributed by atoms with Crippen LogP contribution in [0, 0.1) is 11.8 Å². The van der Waals surface area contributed by atoms with Crippen LogP contribution in [0.1, 0.15) is 65.7 Å². The fourth-order valence-electron chi connectivity index (χ4n) is 3.74.